The SMILES string of the molecule is NC(=O)C[N+]1(c2ccccc2)C=CCC(c2ccccc2)C(N)C1=O. The Kier molecular flexibility index (Phi) is 4.79. The van der Waals surface area contributed by atoms with Crippen LogP contribution in [-0.4, -0.2) is 24.4 Å². The van der Waals surface area contributed by atoms with Gasteiger partial charge in [-0.15, -0.1) is 0 Å². The van der Waals surface area contributed by atoms with Crippen molar-refractivity contribution in [2.45, 2.75) is 18.4 Å². The van der Waals surface area contributed by atoms with E-state index in [1.807, 2.05) is 66.7 Å². The molecule has 3 atom stereocenters. The van der Waals surface area contributed by atoms with E-state index >= 15 is 0 Å². The number of amides is 2. The second-order valence-corrected chi connectivity index (χ2v) is 6.33. The van der Waals surface area contributed by atoms with Gasteiger partial charge in [-0.25, -0.2) is 4.79 Å². The number of nitrogens with two attached hydrogens (primary N) is 2. The standard InChI is InChI=1S/C20H21N3O2/c21-18(24)14-23(16-10-5-2-6-11-16)13-7-12-17(19(22)20(23)25)15-8-3-1-4-9-15/h1-11,13,17,19H,12,14,22H2,(H-,21,24)/p+1. The molecule has 1 aliphatic rings. The Labute approximate surface area is 147 Å². The smallest absolute Gasteiger partial charge is 0.341 e. The van der Waals surface area contributed by atoms with Gasteiger partial charge in [0.05, 0.1) is 0 Å². The molecule has 0 bridgehead atoms. The number of para-hydroxylation sites is 1. The summed E-state index contributed by atoms with van der Waals surface area (Å²) in [5, 5.41) is 0. The lowest BCUT2D eigenvalue weighted by atomic mass is 9.88. The number of hydrogen-bond donors (Lipinski definition) is 2. The summed E-state index contributed by atoms with van der Waals surface area (Å²) in [6, 6.07) is 18.2. The lowest BCUT2D eigenvalue weighted by Crippen LogP contribution is -2.60. The molecule has 2 amide bonds. The molecule has 0 spiro atoms. The molecule has 0 saturated carbocycles. The molecule has 0 aliphatic carbocycles. The summed E-state index contributed by atoms with van der Waals surface area (Å²) in [4.78, 5) is 25.1. The number of benzene rings is 2. The Hall–Kier alpha value is -2.76. The molecule has 0 aromatic heterocycles. The highest BCUT2D eigenvalue weighted by Gasteiger charge is 2.46. The third kappa shape index (κ3) is 3.24. The number of allylic oxidation sites excluding steroid dienone is 1. The number of hydrogen-bond acceptors (Lipinski definition) is 3. The first-order valence-corrected chi connectivity index (χ1v) is 8.29. The number of carbonyl (C=O) groups is 2. The van der Waals surface area contributed by atoms with Gasteiger partial charge in [0, 0.05) is 18.1 Å². The predicted molar refractivity (Wildman–Crippen MR) is 98.2 cm³/mol. The van der Waals surface area contributed by atoms with E-state index in [-0.39, 0.29) is 22.9 Å². The average molecular weight is 336 g/mol. The first-order valence-electron chi connectivity index (χ1n) is 8.29. The molecule has 3 rings (SSSR count). The van der Waals surface area contributed by atoms with Crippen LogP contribution in [0.25, 0.3) is 0 Å². The minimum Gasteiger partial charge on any atom is -0.365 e. The summed E-state index contributed by atoms with van der Waals surface area (Å²) in [5.74, 6) is -0.915. The van der Waals surface area contributed by atoms with E-state index in [0.29, 0.717) is 12.1 Å². The van der Waals surface area contributed by atoms with Crippen LogP contribution < -0.4 is 16.0 Å². The van der Waals surface area contributed by atoms with Crippen molar-refractivity contribution in [2.75, 3.05) is 6.54 Å². The molecule has 1 heterocycles. The molecule has 0 radical (unpaired) electrons. The normalized spacial score (nSPS) is 26.2. The fraction of sp³-hybridized carbons (Fsp3) is 0.200. The van der Waals surface area contributed by atoms with Crippen LogP contribution in [0.1, 0.15) is 17.9 Å². The molecule has 1 aliphatic heterocycles. The Morgan fingerprint density at radius 1 is 1.04 bits per heavy atom. The molecule has 3 unspecified atom stereocenters. The Morgan fingerprint density at radius 2 is 1.64 bits per heavy atom. The Balaban J connectivity index is 2.06. The Bertz CT molecular complexity index is 789. The van der Waals surface area contributed by atoms with Crippen molar-refractivity contribution in [1.82, 2.24) is 4.48 Å². The van der Waals surface area contributed by atoms with Crippen LogP contribution in [-0.2, 0) is 9.59 Å². The zero-order chi connectivity index (χ0) is 17.9. The largest absolute Gasteiger partial charge is 0.365 e. The summed E-state index contributed by atoms with van der Waals surface area (Å²) in [5.41, 5.74) is 13.6. The van der Waals surface area contributed by atoms with Crippen LogP contribution >= 0.6 is 0 Å². The predicted octanol–water partition coefficient (Wildman–Crippen LogP) is 2.03. The summed E-state index contributed by atoms with van der Waals surface area (Å²) < 4.78 is -0.277. The highest BCUT2D eigenvalue weighted by Crippen LogP contribution is 2.33. The first-order chi connectivity index (χ1) is 12.0. The summed E-state index contributed by atoms with van der Waals surface area (Å²) in [6.45, 7) is -0.144. The van der Waals surface area contributed by atoms with Crippen molar-refractivity contribution < 1.29 is 9.59 Å². The van der Waals surface area contributed by atoms with E-state index in [1.165, 1.54) is 0 Å². The van der Waals surface area contributed by atoms with Gasteiger partial charge in [-0.05, 0) is 18.1 Å². The van der Waals surface area contributed by atoms with Gasteiger partial charge in [0.1, 0.15) is 17.9 Å². The van der Waals surface area contributed by atoms with Gasteiger partial charge in [0.15, 0.2) is 6.54 Å². The first kappa shape index (κ1) is 17.1. The van der Waals surface area contributed by atoms with Crippen molar-refractivity contribution in [3.8, 4) is 0 Å². The maximum Gasteiger partial charge on any atom is 0.341 e. The second-order valence-electron chi connectivity index (χ2n) is 6.33. The highest BCUT2D eigenvalue weighted by molar-refractivity contribution is 5.99. The second kappa shape index (κ2) is 7.01. The summed E-state index contributed by atoms with van der Waals surface area (Å²) >= 11 is 0. The van der Waals surface area contributed by atoms with Crippen LogP contribution in [0.5, 0.6) is 0 Å². The number of primary amides is 1. The molecule has 128 valence electrons. The Morgan fingerprint density at radius 3 is 2.24 bits per heavy atom. The number of quaternary nitrogens is 1. The molecule has 25 heavy (non-hydrogen) atoms. The molecular formula is C20H22N3O2+. The van der Waals surface area contributed by atoms with Crippen LogP contribution in [0.4, 0.5) is 5.69 Å². The maximum atomic E-state index is 13.4. The topological polar surface area (TPSA) is 86.2 Å². The van der Waals surface area contributed by atoms with Gasteiger partial charge in [-0.1, -0.05) is 48.5 Å². The van der Waals surface area contributed by atoms with Gasteiger partial charge in [0.25, 0.3) is 5.91 Å². The molecule has 4 N–H and O–H groups in total. The third-order valence-electron chi connectivity index (χ3n) is 4.71. The van der Waals surface area contributed by atoms with Crippen molar-refractivity contribution in [3.05, 3.63) is 78.5 Å². The van der Waals surface area contributed by atoms with E-state index in [9.17, 15) is 9.59 Å². The van der Waals surface area contributed by atoms with Gasteiger partial charge in [-0.2, -0.15) is 4.48 Å². The molecule has 0 fully saturated rings. The zero-order valence-electron chi connectivity index (χ0n) is 13.9. The van der Waals surface area contributed by atoms with Gasteiger partial charge in [-0.3, -0.25) is 4.79 Å². The van der Waals surface area contributed by atoms with E-state index < -0.39 is 11.9 Å². The summed E-state index contributed by atoms with van der Waals surface area (Å²) in [6.07, 6.45) is 4.31. The minimum atomic E-state index is -0.739. The molecule has 5 heteroatoms. The van der Waals surface area contributed by atoms with E-state index in [1.54, 1.807) is 6.20 Å². The summed E-state index contributed by atoms with van der Waals surface area (Å²) in [7, 11) is 0. The zero-order valence-corrected chi connectivity index (χ0v) is 13.9. The highest BCUT2D eigenvalue weighted by atomic mass is 16.2. The quantitative estimate of drug-likeness (QED) is 0.838. The molecule has 2 aromatic carbocycles. The fourth-order valence-electron chi connectivity index (χ4n) is 3.46. The van der Waals surface area contributed by atoms with Crippen LogP contribution in [0, 0.1) is 0 Å². The van der Waals surface area contributed by atoms with E-state index in [4.69, 9.17) is 11.5 Å². The van der Waals surface area contributed by atoms with E-state index in [2.05, 4.69) is 0 Å². The fourth-order valence-corrected chi connectivity index (χ4v) is 3.46. The lowest BCUT2D eigenvalue weighted by Gasteiger charge is -2.32. The third-order valence-corrected chi connectivity index (χ3v) is 4.71. The van der Waals surface area contributed by atoms with Crippen LogP contribution in [0.2, 0.25) is 0 Å². The molecular weight excluding hydrogens is 314 g/mol. The van der Waals surface area contributed by atoms with Gasteiger partial charge in [0.2, 0.25) is 0 Å². The average Bonchev–Trinajstić information content (AvgIpc) is 2.75. The minimum absolute atomic E-state index is 0.137. The molecule has 0 saturated heterocycles. The van der Waals surface area contributed by atoms with Gasteiger partial charge >= 0.3 is 5.91 Å². The van der Waals surface area contributed by atoms with Crippen molar-refractivity contribution in [3.63, 3.8) is 0 Å². The van der Waals surface area contributed by atoms with Gasteiger partial charge < -0.3 is 11.5 Å². The van der Waals surface area contributed by atoms with Crippen molar-refractivity contribution >= 4 is 17.5 Å². The number of rotatable bonds is 4. The number of nitrogens with zero attached hydrogens (tertiary/aromatic N) is 1. The van der Waals surface area contributed by atoms with Crippen LogP contribution in [0.15, 0.2) is 72.9 Å². The lowest BCUT2D eigenvalue weighted by molar-refractivity contribution is -0.133. The monoisotopic (exact) mass is 336 g/mol. The van der Waals surface area contributed by atoms with Crippen molar-refractivity contribution in [1.29, 1.82) is 0 Å². The number of carbonyl (C=O) groups excluding carboxylic acids is 2. The van der Waals surface area contributed by atoms with Crippen LogP contribution in [0.3, 0.4) is 0 Å². The maximum absolute atomic E-state index is 13.4. The molecule has 2 aromatic rings. The van der Waals surface area contributed by atoms with E-state index in [0.717, 1.165) is 5.56 Å². The van der Waals surface area contributed by atoms with Crippen molar-refractivity contribution in [2.24, 2.45) is 11.5 Å². The molecule has 5 nitrogen and oxygen atoms in total.